The number of piperidine rings is 1. The standard InChI is InChI=1S/C19H17Cl4NO2/c20-14-7-6-11(9-16(14)22)18(13-4-1-5-15(21)17(13)23)24-8-2-3-12(10-24)19(25)26/h1,4-7,9,12,18H,2-3,8,10H2,(H,25,26). The van der Waals surface area contributed by atoms with Crippen LogP contribution in [0.5, 0.6) is 0 Å². The highest BCUT2D eigenvalue weighted by Crippen LogP contribution is 2.40. The SMILES string of the molecule is O=C(O)C1CCCN(C(c2ccc(Cl)c(Cl)c2)c2cccc(Cl)c2Cl)C1. The van der Waals surface area contributed by atoms with E-state index in [1.165, 1.54) is 0 Å². The number of nitrogens with zero attached hydrogens (tertiary/aromatic N) is 1. The molecule has 2 unspecified atom stereocenters. The van der Waals surface area contributed by atoms with Gasteiger partial charge in [-0.05, 0) is 48.7 Å². The molecule has 1 aliphatic heterocycles. The van der Waals surface area contributed by atoms with Crippen LogP contribution in [0.15, 0.2) is 36.4 Å². The van der Waals surface area contributed by atoms with Crippen molar-refractivity contribution in [3.05, 3.63) is 67.6 Å². The van der Waals surface area contributed by atoms with Crippen LogP contribution >= 0.6 is 46.4 Å². The summed E-state index contributed by atoms with van der Waals surface area (Å²) < 4.78 is 0. The van der Waals surface area contributed by atoms with E-state index in [9.17, 15) is 9.90 Å². The molecule has 0 amide bonds. The first-order valence-corrected chi connectivity index (χ1v) is 9.75. The summed E-state index contributed by atoms with van der Waals surface area (Å²) in [5.74, 6) is -1.19. The molecule has 0 aliphatic carbocycles. The van der Waals surface area contributed by atoms with E-state index >= 15 is 0 Å². The van der Waals surface area contributed by atoms with Gasteiger partial charge in [-0.3, -0.25) is 9.69 Å². The maximum atomic E-state index is 11.5. The average molecular weight is 433 g/mol. The van der Waals surface area contributed by atoms with Gasteiger partial charge in [0, 0.05) is 6.54 Å². The van der Waals surface area contributed by atoms with Gasteiger partial charge in [-0.25, -0.2) is 0 Å². The van der Waals surface area contributed by atoms with Crippen LogP contribution in [0.25, 0.3) is 0 Å². The Hall–Kier alpha value is -0.970. The Morgan fingerprint density at radius 3 is 2.54 bits per heavy atom. The Kier molecular flexibility index (Phi) is 6.37. The highest BCUT2D eigenvalue weighted by molar-refractivity contribution is 6.42. The zero-order chi connectivity index (χ0) is 18.8. The minimum Gasteiger partial charge on any atom is -0.481 e. The van der Waals surface area contributed by atoms with Crippen molar-refractivity contribution in [2.45, 2.75) is 18.9 Å². The fourth-order valence-electron chi connectivity index (χ4n) is 3.44. The van der Waals surface area contributed by atoms with Crippen molar-refractivity contribution in [3.63, 3.8) is 0 Å². The van der Waals surface area contributed by atoms with Gasteiger partial charge in [0.05, 0.1) is 32.1 Å². The maximum Gasteiger partial charge on any atom is 0.307 e. The van der Waals surface area contributed by atoms with Crippen LogP contribution in [-0.4, -0.2) is 29.1 Å². The van der Waals surface area contributed by atoms with E-state index in [0.717, 1.165) is 24.1 Å². The monoisotopic (exact) mass is 431 g/mol. The van der Waals surface area contributed by atoms with Crippen LogP contribution in [0.1, 0.15) is 30.0 Å². The van der Waals surface area contributed by atoms with E-state index in [2.05, 4.69) is 4.90 Å². The first-order chi connectivity index (χ1) is 12.4. The largest absolute Gasteiger partial charge is 0.481 e. The second-order valence-electron chi connectivity index (χ2n) is 6.39. The molecule has 3 nitrogen and oxygen atoms in total. The van der Waals surface area contributed by atoms with Gasteiger partial charge in [0.25, 0.3) is 0 Å². The van der Waals surface area contributed by atoms with Gasteiger partial charge in [-0.1, -0.05) is 64.6 Å². The number of hydrogen-bond acceptors (Lipinski definition) is 2. The molecular formula is C19H17Cl4NO2. The maximum absolute atomic E-state index is 11.5. The van der Waals surface area contributed by atoms with Gasteiger partial charge in [0.15, 0.2) is 0 Å². The minimum absolute atomic E-state index is 0.252. The Bertz CT molecular complexity index is 827. The van der Waals surface area contributed by atoms with Crippen molar-refractivity contribution in [3.8, 4) is 0 Å². The molecule has 138 valence electrons. The number of aliphatic carboxylic acids is 1. The topological polar surface area (TPSA) is 40.5 Å². The van der Waals surface area contributed by atoms with Gasteiger partial charge >= 0.3 is 5.97 Å². The van der Waals surface area contributed by atoms with E-state index in [0.29, 0.717) is 33.1 Å². The number of benzene rings is 2. The molecule has 1 heterocycles. The molecule has 2 aromatic rings. The summed E-state index contributed by atoms with van der Waals surface area (Å²) >= 11 is 25.0. The van der Waals surface area contributed by atoms with Gasteiger partial charge in [-0.2, -0.15) is 0 Å². The fourth-order valence-corrected chi connectivity index (χ4v) is 4.16. The number of rotatable bonds is 4. The molecule has 1 aliphatic rings. The van der Waals surface area contributed by atoms with E-state index < -0.39 is 11.9 Å². The Morgan fingerprint density at radius 2 is 1.85 bits per heavy atom. The first-order valence-electron chi connectivity index (χ1n) is 8.24. The zero-order valence-electron chi connectivity index (χ0n) is 13.8. The van der Waals surface area contributed by atoms with E-state index in [-0.39, 0.29) is 6.04 Å². The molecule has 7 heteroatoms. The van der Waals surface area contributed by atoms with Crippen molar-refractivity contribution < 1.29 is 9.90 Å². The Balaban J connectivity index is 2.08. The lowest BCUT2D eigenvalue weighted by atomic mass is 9.91. The van der Waals surface area contributed by atoms with Gasteiger partial charge in [0.2, 0.25) is 0 Å². The summed E-state index contributed by atoms with van der Waals surface area (Å²) in [5, 5.41) is 11.3. The molecule has 0 radical (unpaired) electrons. The molecular weight excluding hydrogens is 416 g/mol. The summed E-state index contributed by atoms with van der Waals surface area (Å²) in [5.41, 5.74) is 1.72. The Morgan fingerprint density at radius 1 is 1.08 bits per heavy atom. The molecule has 0 aromatic heterocycles. The lowest BCUT2D eigenvalue weighted by Crippen LogP contribution is -2.41. The van der Waals surface area contributed by atoms with Crippen molar-refractivity contribution in [1.82, 2.24) is 4.90 Å². The third kappa shape index (κ3) is 4.13. The van der Waals surface area contributed by atoms with E-state index in [1.807, 2.05) is 18.2 Å². The van der Waals surface area contributed by atoms with Gasteiger partial charge in [0.1, 0.15) is 0 Å². The fraction of sp³-hybridized carbons (Fsp3) is 0.316. The smallest absolute Gasteiger partial charge is 0.307 e. The second-order valence-corrected chi connectivity index (χ2v) is 7.99. The highest BCUT2D eigenvalue weighted by atomic mass is 35.5. The second kappa shape index (κ2) is 8.37. The lowest BCUT2D eigenvalue weighted by molar-refractivity contribution is -0.143. The quantitative estimate of drug-likeness (QED) is 0.626. The van der Waals surface area contributed by atoms with Crippen LogP contribution in [0.4, 0.5) is 0 Å². The van der Waals surface area contributed by atoms with Crippen LogP contribution in [-0.2, 0) is 4.79 Å². The number of carboxylic acids is 1. The zero-order valence-corrected chi connectivity index (χ0v) is 16.8. The molecule has 0 saturated carbocycles. The third-order valence-electron chi connectivity index (χ3n) is 4.70. The highest BCUT2D eigenvalue weighted by Gasteiger charge is 2.32. The Labute approximate surface area is 172 Å². The number of halogens is 4. The van der Waals surface area contributed by atoms with Crippen molar-refractivity contribution >= 4 is 52.4 Å². The summed E-state index contributed by atoms with van der Waals surface area (Å²) in [6, 6.07) is 10.7. The lowest BCUT2D eigenvalue weighted by Gasteiger charge is -2.38. The third-order valence-corrected chi connectivity index (χ3v) is 6.28. The van der Waals surface area contributed by atoms with Crippen LogP contribution in [0.2, 0.25) is 20.1 Å². The summed E-state index contributed by atoms with van der Waals surface area (Å²) in [7, 11) is 0. The molecule has 0 spiro atoms. The number of hydrogen-bond donors (Lipinski definition) is 1. The number of likely N-dealkylation sites (tertiary alicyclic amines) is 1. The molecule has 1 saturated heterocycles. The van der Waals surface area contributed by atoms with Crippen LogP contribution in [0, 0.1) is 5.92 Å². The van der Waals surface area contributed by atoms with E-state index in [4.69, 9.17) is 46.4 Å². The van der Waals surface area contributed by atoms with Crippen LogP contribution in [0.3, 0.4) is 0 Å². The van der Waals surface area contributed by atoms with Crippen LogP contribution < -0.4 is 0 Å². The molecule has 2 atom stereocenters. The van der Waals surface area contributed by atoms with Crippen molar-refractivity contribution in [2.24, 2.45) is 5.92 Å². The molecule has 2 aromatic carbocycles. The minimum atomic E-state index is -0.778. The summed E-state index contributed by atoms with van der Waals surface area (Å²) in [6.07, 6.45) is 1.47. The summed E-state index contributed by atoms with van der Waals surface area (Å²) in [6.45, 7) is 1.20. The number of carboxylic acid groups (broad SMARTS) is 1. The molecule has 0 bridgehead atoms. The molecule has 26 heavy (non-hydrogen) atoms. The molecule has 1 N–H and O–H groups in total. The van der Waals surface area contributed by atoms with Crippen molar-refractivity contribution in [1.29, 1.82) is 0 Å². The average Bonchev–Trinajstić information content (AvgIpc) is 2.62. The predicted octanol–water partition coefficient (Wildman–Crippen LogP) is 6.19. The summed E-state index contributed by atoms with van der Waals surface area (Å²) in [4.78, 5) is 13.6. The molecule has 1 fully saturated rings. The van der Waals surface area contributed by atoms with Crippen molar-refractivity contribution in [2.75, 3.05) is 13.1 Å². The normalized spacial score (nSPS) is 19.3. The first kappa shape index (κ1) is 19.8. The molecule has 3 rings (SSSR count). The van der Waals surface area contributed by atoms with Gasteiger partial charge < -0.3 is 5.11 Å². The van der Waals surface area contributed by atoms with E-state index in [1.54, 1.807) is 18.2 Å². The number of carbonyl (C=O) groups is 1. The predicted molar refractivity (Wildman–Crippen MR) is 107 cm³/mol. The van der Waals surface area contributed by atoms with Gasteiger partial charge in [-0.15, -0.1) is 0 Å².